The summed E-state index contributed by atoms with van der Waals surface area (Å²) in [6, 6.07) is 15.5. The van der Waals surface area contributed by atoms with Crippen molar-refractivity contribution in [1.29, 1.82) is 0 Å². The Morgan fingerprint density at radius 3 is 2.53 bits per heavy atom. The van der Waals surface area contributed by atoms with E-state index in [0.29, 0.717) is 45.3 Å². The van der Waals surface area contributed by atoms with E-state index < -0.39 is 12.0 Å². The Bertz CT molecular complexity index is 846. The first-order valence-corrected chi connectivity index (χ1v) is 12.2. The first-order valence-electron chi connectivity index (χ1n) is 10.00. The van der Waals surface area contributed by atoms with Gasteiger partial charge in [-0.1, -0.05) is 0 Å². The number of amides is 1. The van der Waals surface area contributed by atoms with Gasteiger partial charge in [-0.05, 0) is 0 Å². The van der Waals surface area contributed by atoms with E-state index in [1.807, 2.05) is 30.3 Å². The number of likely N-dealkylation sites (tertiary alicyclic amines) is 1. The molecule has 0 aliphatic carbocycles. The van der Waals surface area contributed by atoms with Gasteiger partial charge in [-0.2, -0.15) is 0 Å². The van der Waals surface area contributed by atoms with Gasteiger partial charge in [0, 0.05) is 0 Å². The normalized spacial score (nSPS) is 19.5. The monoisotopic (exact) mass is 606 g/mol. The fourth-order valence-electron chi connectivity index (χ4n) is 3.65. The van der Waals surface area contributed by atoms with E-state index >= 15 is 0 Å². The van der Waals surface area contributed by atoms with Crippen LogP contribution in [-0.2, 0) is 25.5 Å². The second kappa shape index (κ2) is 11.0. The molecule has 1 fully saturated rings. The summed E-state index contributed by atoms with van der Waals surface area (Å²) in [4.78, 5) is 27.0. The van der Waals surface area contributed by atoms with E-state index in [9.17, 15) is 14.0 Å². The van der Waals surface area contributed by atoms with Crippen molar-refractivity contribution < 1.29 is 23.5 Å². The van der Waals surface area contributed by atoms with Gasteiger partial charge < -0.3 is 0 Å². The maximum atomic E-state index is 13.1. The van der Waals surface area contributed by atoms with Crippen molar-refractivity contribution in [2.45, 2.75) is 34.9 Å². The Kier molecular flexibility index (Phi) is 8.38. The van der Waals surface area contributed by atoms with E-state index in [0.717, 1.165) is 24.0 Å². The van der Waals surface area contributed by atoms with E-state index in [2.05, 4.69) is 0 Å². The predicted octanol–water partition coefficient (Wildman–Crippen LogP) is 2.83. The maximum absolute atomic E-state index is 13.1. The number of aryl methyl sites for hydroxylation is 1. The van der Waals surface area contributed by atoms with Crippen molar-refractivity contribution in [3.8, 4) is 0 Å². The fraction of sp³-hybridized carbons (Fsp3) is 0.391. The molecule has 3 unspecified atom stereocenters. The molecule has 2 aromatic rings. The van der Waals surface area contributed by atoms with Crippen molar-refractivity contribution in [2.24, 2.45) is 0 Å². The van der Waals surface area contributed by atoms with Crippen molar-refractivity contribution in [3.05, 3.63) is 71.5 Å². The summed E-state index contributed by atoms with van der Waals surface area (Å²) in [5, 5.41) is 0. The summed E-state index contributed by atoms with van der Waals surface area (Å²) >= 11 is 0.655. The zero-order valence-corrected chi connectivity index (χ0v) is 20.8. The number of hydrogen-bond acceptors (Lipinski definition) is 4. The fourth-order valence-corrected chi connectivity index (χ4v) is 5.05. The number of benzene rings is 2. The topological polar surface area (TPSA) is 55.8 Å². The van der Waals surface area contributed by atoms with E-state index in [1.54, 1.807) is 17.0 Å². The van der Waals surface area contributed by atoms with Crippen LogP contribution in [0.4, 0.5) is 4.39 Å². The minimum absolute atomic E-state index is 0.0410. The molecule has 1 aliphatic rings. The third kappa shape index (κ3) is 5.87. The Balaban J connectivity index is 1.56. The van der Waals surface area contributed by atoms with Crippen LogP contribution in [0.25, 0.3) is 0 Å². The Hall–Kier alpha value is -1.81. The second-order valence-electron chi connectivity index (χ2n) is 7.33. The number of ether oxygens (including phenoxy) is 2. The summed E-state index contributed by atoms with van der Waals surface area (Å²) in [7, 11) is 1.34. The van der Waals surface area contributed by atoms with Gasteiger partial charge in [-0.25, -0.2) is 4.39 Å². The first kappa shape index (κ1) is 22.9. The van der Waals surface area contributed by atoms with E-state index in [-0.39, 0.29) is 21.3 Å². The molecule has 3 rings (SSSR count). The molecule has 3 atom stereocenters. The van der Waals surface area contributed by atoms with Crippen LogP contribution in [0, 0.1) is 5.82 Å². The number of carbonyl (C=O) groups is 2. The molecule has 0 saturated carbocycles. The SMILES string of the molecule is COC(=O)C1CC(OCCCc2ccc(F)cc2)CN1C(=O)[CH]([Pb])c1ccccc1. The average molecular weight is 606 g/mol. The van der Waals surface area contributed by atoms with Crippen LogP contribution >= 0.6 is 0 Å². The van der Waals surface area contributed by atoms with Crippen molar-refractivity contribution in [3.63, 3.8) is 0 Å². The van der Waals surface area contributed by atoms with Gasteiger partial charge in [0.05, 0.1) is 0 Å². The van der Waals surface area contributed by atoms with Crippen LogP contribution < -0.4 is 0 Å². The number of hydrogen-bond donors (Lipinski definition) is 0. The molecule has 0 aromatic heterocycles. The van der Waals surface area contributed by atoms with Gasteiger partial charge in [0.1, 0.15) is 5.82 Å². The second-order valence-corrected chi connectivity index (χ2v) is 9.58. The Labute approximate surface area is 192 Å². The molecule has 1 saturated heterocycles. The van der Waals surface area contributed by atoms with Crippen molar-refractivity contribution in [1.82, 2.24) is 4.90 Å². The predicted molar refractivity (Wildman–Crippen MR) is 112 cm³/mol. The van der Waals surface area contributed by atoms with Gasteiger partial charge >= 0.3 is 182 Å². The molecular formula is C23H25FNO4Pb. The average Bonchev–Trinajstić information content (AvgIpc) is 3.21. The summed E-state index contributed by atoms with van der Waals surface area (Å²) in [6.07, 6.45) is 1.81. The molecule has 1 heterocycles. The van der Waals surface area contributed by atoms with Crippen LogP contribution in [0.2, 0.25) is 0 Å². The molecule has 2 aromatic carbocycles. The summed E-state index contributed by atoms with van der Waals surface area (Å²) in [5.74, 6) is -0.685. The Morgan fingerprint density at radius 2 is 1.87 bits per heavy atom. The molecular weight excluding hydrogens is 580 g/mol. The van der Waals surface area contributed by atoms with Crippen molar-refractivity contribution in [2.75, 3.05) is 20.3 Å². The number of halogens is 1. The van der Waals surface area contributed by atoms with Gasteiger partial charge in [-0.15, -0.1) is 0 Å². The van der Waals surface area contributed by atoms with E-state index in [1.165, 1.54) is 19.2 Å². The van der Waals surface area contributed by atoms with Gasteiger partial charge in [-0.3, -0.25) is 0 Å². The van der Waals surface area contributed by atoms with Gasteiger partial charge in [0.25, 0.3) is 0 Å². The third-order valence-electron chi connectivity index (χ3n) is 5.28. The standard InChI is InChI=1S/C23H25FNO4.Pb/c1-28-23(27)21-15-20(29-13-5-8-17-9-11-19(24)12-10-17)16-25(21)22(26)14-18-6-3-2-4-7-18;/h2-4,6-7,9-12,14,20-21H,5,8,13,15-16H2,1H3;. The molecule has 3 radical (unpaired) electrons. The summed E-state index contributed by atoms with van der Waals surface area (Å²) < 4.78 is 23.7. The summed E-state index contributed by atoms with van der Waals surface area (Å²) in [6.45, 7) is 0.904. The number of methoxy groups -OCH3 is 1. The number of rotatable bonds is 8. The van der Waals surface area contributed by atoms with Crippen molar-refractivity contribution >= 4 is 37.6 Å². The number of nitrogens with zero attached hydrogens (tertiary/aromatic N) is 1. The molecule has 0 spiro atoms. The molecule has 1 amide bonds. The van der Waals surface area contributed by atoms with Gasteiger partial charge in [0.15, 0.2) is 0 Å². The van der Waals surface area contributed by atoms with Crippen LogP contribution in [-0.4, -0.2) is 75.0 Å². The summed E-state index contributed by atoms with van der Waals surface area (Å²) in [5.41, 5.74) is 2.03. The third-order valence-corrected chi connectivity index (χ3v) is 7.53. The first-order chi connectivity index (χ1) is 14.5. The molecule has 7 heteroatoms. The van der Waals surface area contributed by atoms with Crippen LogP contribution in [0.1, 0.15) is 27.4 Å². The van der Waals surface area contributed by atoms with Crippen LogP contribution in [0.15, 0.2) is 54.6 Å². The zero-order valence-electron chi connectivity index (χ0n) is 16.9. The molecule has 0 N–H and O–H groups in total. The molecule has 0 bridgehead atoms. The quantitative estimate of drug-likeness (QED) is 0.264. The van der Waals surface area contributed by atoms with E-state index in [4.69, 9.17) is 9.47 Å². The molecule has 157 valence electrons. The molecule has 30 heavy (non-hydrogen) atoms. The Morgan fingerprint density at radius 1 is 1.17 bits per heavy atom. The molecule has 5 nitrogen and oxygen atoms in total. The van der Waals surface area contributed by atoms with Crippen LogP contribution in [0.5, 0.6) is 0 Å². The zero-order chi connectivity index (χ0) is 21.5. The number of carbonyl (C=O) groups excluding carboxylic acids is 2. The number of esters is 1. The van der Waals surface area contributed by atoms with Crippen LogP contribution in [0.3, 0.4) is 0 Å². The minimum atomic E-state index is -0.607. The molecule has 1 aliphatic heterocycles. The van der Waals surface area contributed by atoms with Gasteiger partial charge in [0.2, 0.25) is 0 Å².